The predicted octanol–water partition coefficient (Wildman–Crippen LogP) is 5.22. The molecule has 0 unspecified atom stereocenters. The molecule has 0 fully saturated rings. The Morgan fingerprint density at radius 2 is 1.68 bits per heavy atom. The molecule has 3 aromatic carbocycles. The van der Waals surface area contributed by atoms with Crippen molar-refractivity contribution < 1.29 is 31.8 Å². The van der Waals surface area contributed by atoms with Crippen LogP contribution in [-0.4, -0.2) is 43.5 Å². The molecule has 0 spiro atoms. The van der Waals surface area contributed by atoms with E-state index in [1.807, 2.05) is 18.2 Å². The van der Waals surface area contributed by atoms with Gasteiger partial charge in [-0.2, -0.15) is 27.8 Å². The van der Waals surface area contributed by atoms with Gasteiger partial charge in [0.2, 0.25) is 0 Å². The van der Waals surface area contributed by atoms with Gasteiger partial charge in [0.15, 0.2) is 17.3 Å². The van der Waals surface area contributed by atoms with Crippen molar-refractivity contribution >= 4 is 22.5 Å². The summed E-state index contributed by atoms with van der Waals surface area (Å²) >= 11 is 0. The van der Waals surface area contributed by atoms with E-state index in [9.17, 15) is 22.4 Å². The smallest absolute Gasteiger partial charge is 0.421 e. The molecule has 3 N–H and O–H groups in total. The van der Waals surface area contributed by atoms with Gasteiger partial charge in [-0.05, 0) is 42.5 Å². The number of aromatic amines is 2. The van der Waals surface area contributed by atoms with E-state index in [2.05, 4.69) is 40.2 Å². The molecule has 1 aliphatic heterocycles. The van der Waals surface area contributed by atoms with E-state index in [1.165, 1.54) is 12.4 Å². The van der Waals surface area contributed by atoms with Gasteiger partial charge >= 0.3 is 12.2 Å². The highest BCUT2D eigenvalue weighted by atomic mass is 19.3. The summed E-state index contributed by atoms with van der Waals surface area (Å²) in [7, 11) is 0. The fraction of sp³-hybridized carbons (Fsp3) is 0.0833. The second kappa shape index (κ2) is 8.05. The Labute approximate surface area is 204 Å². The van der Waals surface area contributed by atoms with Crippen LogP contribution in [0.1, 0.15) is 10.4 Å². The predicted molar refractivity (Wildman–Crippen MR) is 122 cm³/mol. The summed E-state index contributed by atoms with van der Waals surface area (Å²) < 4.78 is 61.9. The van der Waals surface area contributed by atoms with Crippen molar-refractivity contribution in [3.05, 3.63) is 72.6 Å². The average molecular weight is 510 g/mol. The van der Waals surface area contributed by atoms with Gasteiger partial charge in [-0.3, -0.25) is 15.0 Å². The first kappa shape index (κ1) is 22.5. The molecule has 0 saturated carbocycles. The molecule has 1 aliphatic rings. The third-order valence-corrected chi connectivity index (χ3v) is 5.67. The first-order valence-corrected chi connectivity index (χ1v) is 10.7. The lowest BCUT2D eigenvalue weighted by Gasteiger charge is -2.31. The number of alkyl halides is 4. The van der Waals surface area contributed by atoms with E-state index in [0.717, 1.165) is 28.6 Å². The first-order valence-electron chi connectivity index (χ1n) is 10.7. The second-order valence-electron chi connectivity index (χ2n) is 8.10. The SMILES string of the molecule is O=C(Nc1ccc2c(c1)OC(F)(F)C(F)(F)O2)c1cccc(-c2n[nH]c3ccc(-c4ncn[nH]4)cc23)c1. The lowest BCUT2D eigenvalue weighted by molar-refractivity contribution is -0.391. The molecule has 9 nitrogen and oxygen atoms in total. The number of carbonyl (C=O) groups excluding carboxylic acids is 1. The summed E-state index contributed by atoms with van der Waals surface area (Å²) in [6.07, 6.45) is -8.28. The number of amides is 1. The van der Waals surface area contributed by atoms with Crippen LogP contribution in [0.3, 0.4) is 0 Å². The molecule has 3 heterocycles. The zero-order valence-corrected chi connectivity index (χ0v) is 18.4. The third kappa shape index (κ3) is 3.90. The zero-order valence-electron chi connectivity index (χ0n) is 18.4. The normalized spacial score (nSPS) is 15.5. The summed E-state index contributed by atoms with van der Waals surface area (Å²) in [5.74, 6) is -1.19. The summed E-state index contributed by atoms with van der Waals surface area (Å²) in [6, 6.07) is 15.4. The summed E-state index contributed by atoms with van der Waals surface area (Å²) in [4.78, 5) is 17.1. The topological polar surface area (TPSA) is 118 Å². The van der Waals surface area contributed by atoms with Gasteiger partial charge in [-0.25, -0.2) is 4.98 Å². The maximum Gasteiger partial charge on any atom is 0.507 e. The Kier molecular flexibility index (Phi) is 4.90. The highest BCUT2D eigenvalue weighted by Gasteiger charge is 2.65. The molecule has 0 atom stereocenters. The van der Waals surface area contributed by atoms with Crippen molar-refractivity contribution in [3.63, 3.8) is 0 Å². The molecule has 0 aliphatic carbocycles. The maximum absolute atomic E-state index is 13.5. The quantitative estimate of drug-likeness (QED) is 0.285. The number of H-pyrrole nitrogens is 2. The van der Waals surface area contributed by atoms with Crippen LogP contribution in [0.4, 0.5) is 23.2 Å². The Morgan fingerprint density at radius 1 is 0.865 bits per heavy atom. The summed E-state index contributed by atoms with van der Waals surface area (Å²) in [5, 5.41) is 17.3. The van der Waals surface area contributed by atoms with E-state index in [0.29, 0.717) is 17.1 Å². The van der Waals surface area contributed by atoms with Gasteiger partial charge in [0, 0.05) is 33.8 Å². The molecular weight excluding hydrogens is 496 g/mol. The monoisotopic (exact) mass is 510 g/mol. The fourth-order valence-electron chi connectivity index (χ4n) is 3.88. The van der Waals surface area contributed by atoms with Crippen molar-refractivity contribution in [2.45, 2.75) is 12.2 Å². The lowest BCUT2D eigenvalue weighted by atomic mass is 10.0. The van der Waals surface area contributed by atoms with Gasteiger partial charge in [0.25, 0.3) is 5.91 Å². The molecule has 2 aromatic heterocycles. The second-order valence-corrected chi connectivity index (χ2v) is 8.10. The van der Waals surface area contributed by atoms with Crippen molar-refractivity contribution in [1.82, 2.24) is 25.4 Å². The number of anilines is 1. The van der Waals surface area contributed by atoms with Crippen LogP contribution in [0.2, 0.25) is 0 Å². The number of benzene rings is 3. The van der Waals surface area contributed by atoms with Crippen molar-refractivity contribution in [2.24, 2.45) is 0 Å². The average Bonchev–Trinajstić information content (AvgIpc) is 3.55. The molecule has 1 amide bonds. The number of aromatic nitrogens is 5. The number of carbonyl (C=O) groups is 1. The van der Waals surface area contributed by atoms with Crippen LogP contribution < -0.4 is 14.8 Å². The van der Waals surface area contributed by atoms with Crippen LogP contribution in [0, 0.1) is 0 Å². The molecule has 13 heteroatoms. The molecule has 0 radical (unpaired) electrons. The third-order valence-electron chi connectivity index (χ3n) is 5.67. The standard InChI is InChI=1S/C24H14F4N6O3/c25-23(26)24(27,28)37-19-10-15(5-7-18(19)36-23)31-22(35)14-3-1-2-12(8-14)20-16-9-13(21-29-11-30-34-21)4-6-17(16)32-33-20/h1-11H,(H,31,35)(H,32,33)(H,29,30,34). The number of hydrogen-bond acceptors (Lipinski definition) is 6. The van der Waals surface area contributed by atoms with Gasteiger partial charge < -0.3 is 14.8 Å². The Morgan fingerprint density at radius 3 is 2.46 bits per heavy atom. The number of fused-ring (bicyclic) bond motifs is 2. The van der Waals surface area contributed by atoms with Crippen molar-refractivity contribution in [2.75, 3.05) is 5.32 Å². The number of hydrogen-bond donors (Lipinski definition) is 3. The van der Waals surface area contributed by atoms with E-state index in [1.54, 1.807) is 24.3 Å². The molecular formula is C24H14F4N6O3. The largest absolute Gasteiger partial charge is 0.507 e. The highest BCUT2D eigenvalue weighted by Crippen LogP contribution is 2.47. The zero-order chi connectivity index (χ0) is 25.8. The number of halogens is 4. The van der Waals surface area contributed by atoms with Gasteiger partial charge in [-0.15, -0.1) is 0 Å². The Hall–Kier alpha value is -4.94. The minimum absolute atomic E-state index is 0.0423. The van der Waals surface area contributed by atoms with Gasteiger partial charge in [-0.1, -0.05) is 12.1 Å². The highest BCUT2D eigenvalue weighted by molar-refractivity contribution is 6.05. The Balaban J connectivity index is 1.27. The lowest BCUT2D eigenvalue weighted by Crippen LogP contribution is -2.52. The number of rotatable bonds is 4. The Bertz CT molecular complexity index is 1650. The van der Waals surface area contributed by atoms with E-state index >= 15 is 0 Å². The van der Waals surface area contributed by atoms with E-state index in [4.69, 9.17) is 0 Å². The summed E-state index contributed by atoms with van der Waals surface area (Å²) in [6.45, 7) is 0. The van der Waals surface area contributed by atoms with Crippen LogP contribution in [0.25, 0.3) is 33.5 Å². The van der Waals surface area contributed by atoms with Gasteiger partial charge in [0.1, 0.15) is 6.33 Å². The summed E-state index contributed by atoms with van der Waals surface area (Å²) in [5.41, 5.74) is 3.08. The molecule has 37 heavy (non-hydrogen) atoms. The van der Waals surface area contributed by atoms with Crippen LogP contribution >= 0.6 is 0 Å². The van der Waals surface area contributed by atoms with Gasteiger partial charge in [0.05, 0.1) is 11.2 Å². The molecule has 186 valence electrons. The van der Waals surface area contributed by atoms with Crippen LogP contribution in [-0.2, 0) is 0 Å². The van der Waals surface area contributed by atoms with E-state index < -0.39 is 29.6 Å². The number of nitrogens with zero attached hydrogens (tertiary/aromatic N) is 3. The molecule has 6 rings (SSSR count). The first-order chi connectivity index (χ1) is 17.7. The molecule has 5 aromatic rings. The van der Waals surface area contributed by atoms with Crippen LogP contribution in [0.5, 0.6) is 11.5 Å². The molecule has 0 bridgehead atoms. The fourth-order valence-corrected chi connectivity index (χ4v) is 3.88. The minimum atomic E-state index is -4.86. The van der Waals surface area contributed by atoms with E-state index in [-0.39, 0.29) is 11.3 Å². The number of nitrogens with one attached hydrogen (secondary N) is 3. The van der Waals surface area contributed by atoms with Crippen LogP contribution in [0.15, 0.2) is 67.0 Å². The van der Waals surface area contributed by atoms with Crippen molar-refractivity contribution in [3.8, 4) is 34.1 Å². The maximum atomic E-state index is 13.5. The number of ether oxygens (including phenoxy) is 2. The van der Waals surface area contributed by atoms with Crippen molar-refractivity contribution in [1.29, 1.82) is 0 Å². The minimum Gasteiger partial charge on any atom is -0.421 e. The molecule has 0 saturated heterocycles.